The molecule has 3 aliphatic rings. The monoisotopic (exact) mass is 628 g/mol. The number of rotatable bonds is 6. The van der Waals surface area contributed by atoms with Gasteiger partial charge in [-0.3, -0.25) is 4.79 Å². The van der Waals surface area contributed by atoms with Crippen LogP contribution >= 0.6 is 0 Å². The van der Waals surface area contributed by atoms with Gasteiger partial charge in [-0.25, -0.2) is 0 Å². The van der Waals surface area contributed by atoms with Gasteiger partial charge in [-0.1, -0.05) is 12.1 Å². The van der Waals surface area contributed by atoms with E-state index in [9.17, 15) is 45.6 Å². The molecule has 0 aromatic heterocycles. The van der Waals surface area contributed by atoms with Gasteiger partial charge in [-0.05, 0) is 35.4 Å². The quantitative estimate of drug-likeness (QED) is 0.106. The molecule has 14 heteroatoms. The number of phenolic OH excluding ortho intramolecular Hbond substituents is 3. The van der Waals surface area contributed by atoms with Crippen LogP contribution in [0.3, 0.4) is 0 Å². The second-order valence-corrected chi connectivity index (χ2v) is 11.1. The van der Waals surface area contributed by atoms with Crippen LogP contribution in [0.15, 0.2) is 42.5 Å². The van der Waals surface area contributed by atoms with E-state index in [0.29, 0.717) is 16.7 Å². The van der Waals surface area contributed by atoms with Crippen LogP contribution < -0.4 is 18.9 Å². The number of ether oxygens (including phenoxy) is 5. The number of aliphatic hydroxyl groups excluding tert-OH is 5. The van der Waals surface area contributed by atoms with E-state index in [1.807, 2.05) is 0 Å². The van der Waals surface area contributed by atoms with Gasteiger partial charge in [0.25, 0.3) is 0 Å². The number of phenols is 3. The van der Waals surface area contributed by atoms with Crippen molar-refractivity contribution < 1.29 is 69.3 Å². The van der Waals surface area contributed by atoms with E-state index in [0.717, 1.165) is 0 Å². The van der Waals surface area contributed by atoms with Crippen LogP contribution in [-0.2, 0) is 16.0 Å². The molecule has 1 saturated heterocycles. The first-order valence-electron chi connectivity index (χ1n) is 14.1. The third kappa shape index (κ3) is 5.45. The molecule has 3 aromatic carbocycles. The zero-order valence-corrected chi connectivity index (χ0v) is 23.8. The van der Waals surface area contributed by atoms with Gasteiger partial charge < -0.3 is 64.5 Å². The summed E-state index contributed by atoms with van der Waals surface area (Å²) in [5, 5.41) is 82.4. The van der Waals surface area contributed by atoms with E-state index >= 15 is 0 Å². The van der Waals surface area contributed by atoms with E-state index in [1.165, 1.54) is 43.5 Å². The zero-order valence-electron chi connectivity index (χ0n) is 23.8. The lowest BCUT2D eigenvalue weighted by molar-refractivity contribution is -0.277. The number of benzene rings is 3. The highest BCUT2D eigenvalue weighted by Gasteiger charge is 2.46. The molecule has 0 saturated carbocycles. The minimum atomic E-state index is -1.77. The van der Waals surface area contributed by atoms with Gasteiger partial charge in [0.05, 0.1) is 26.2 Å². The van der Waals surface area contributed by atoms with Crippen molar-refractivity contribution in [3.8, 4) is 40.2 Å². The summed E-state index contributed by atoms with van der Waals surface area (Å²) in [5.41, 5.74) is 1.44. The fourth-order valence-electron chi connectivity index (χ4n) is 5.96. The number of methoxy groups -OCH3 is 1. The van der Waals surface area contributed by atoms with Crippen molar-refractivity contribution in [2.24, 2.45) is 0 Å². The summed E-state index contributed by atoms with van der Waals surface area (Å²) in [6.45, 7) is -0.696. The van der Waals surface area contributed by atoms with Crippen LogP contribution in [0, 0.1) is 0 Å². The number of esters is 1. The van der Waals surface area contributed by atoms with Crippen LogP contribution in [0.5, 0.6) is 40.2 Å². The van der Waals surface area contributed by atoms with Crippen LogP contribution in [0.1, 0.15) is 40.7 Å². The lowest BCUT2D eigenvalue weighted by Crippen LogP contribution is -2.60. The molecule has 0 amide bonds. The Labute approximate surface area is 255 Å². The number of aliphatic hydroxyl groups is 5. The van der Waals surface area contributed by atoms with Crippen molar-refractivity contribution in [3.63, 3.8) is 0 Å². The predicted molar refractivity (Wildman–Crippen MR) is 150 cm³/mol. The van der Waals surface area contributed by atoms with E-state index in [2.05, 4.69) is 0 Å². The third-order valence-corrected chi connectivity index (χ3v) is 8.32. The van der Waals surface area contributed by atoms with Gasteiger partial charge in [0.2, 0.25) is 6.29 Å². The van der Waals surface area contributed by atoms with Crippen molar-refractivity contribution in [1.29, 1.82) is 0 Å². The van der Waals surface area contributed by atoms with E-state index < -0.39 is 67.2 Å². The second kappa shape index (κ2) is 11.9. The number of carbonyl (C=O) groups excluding carboxylic acids is 1. The van der Waals surface area contributed by atoms with Gasteiger partial charge in [-0.15, -0.1) is 0 Å². The summed E-state index contributed by atoms with van der Waals surface area (Å²) in [6.07, 6.45) is -10.4. The smallest absolute Gasteiger partial charge is 0.312 e. The van der Waals surface area contributed by atoms with Crippen molar-refractivity contribution in [1.82, 2.24) is 0 Å². The van der Waals surface area contributed by atoms with Crippen molar-refractivity contribution in [2.45, 2.75) is 61.7 Å². The molecule has 240 valence electrons. The first kappa shape index (κ1) is 30.7. The Bertz CT molecular complexity index is 1610. The van der Waals surface area contributed by atoms with Gasteiger partial charge in [0, 0.05) is 29.5 Å². The molecule has 0 spiro atoms. The molecule has 0 bridgehead atoms. The Morgan fingerprint density at radius 2 is 1.58 bits per heavy atom. The lowest BCUT2D eigenvalue weighted by Gasteiger charge is -2.41. The molecule has 8 N–H and O–H groups in total. The highest BCUT2D eigenvalue weighted by molar-refractivity contribution is 5.81. The summed E-state index contributed by atoms with van der Waals surface area (Å²) in [7, 11) is 1.37. The fourth-order valence-corrected chi connectivity index (χ4v) is 5.96. The highest BCUT2D eigenvalue weighted by Crippen LogP contribution is 2.53. The van der Waals surface area contributed by atoms with Gasteiger partial charge in [0.15, 0.2) is 23.0 Å². The van der Waals surface area contributed by atoms with Gasteiger partial charge >= 0.3 is 5.97 Å². The van der Waals surface area contributed by atoms with E-state index in [4.69, 9.17) is 23.7 Å². The second-order valence-electron chi connectivity index (χ2n) is 11.1. The number of aromatic hydroxyl groups is 3. The maximum atomic E-state index is 13.0. The molecular formula is C31H32O14. The zero-order chi connectivity index (χ0) is 32.2. The summed E-state index contributed by atoms with van der Waals surface area (Å²) in [4.78, 5) is 13.0. The molecule has 3 heterocycles. The first-order chi connectivity index (χ1) is 21.5. The van der Waals surface area contributed by atoms with E-state index in [1.54, 1.807) is 6.07 Å². The van der Waals surface area contributed by atoms with E-state index in [-0.39, 0.29) is 52.9 Å². The number of fused-ring (bicyclic) bond motifs is 3. The minimum absolute atomic E-state index is 0.00157. The van der Waals surface area contributed by atoms with Crippen LogP contribution in [0.25, 0.3) is 0 Å². The molecule has 1 fully saturated rings. The standard InChI is InChI=1S/C31H32O14/c1-41-21-7-13(3-5-17(21)34)29-19(36)8-15-20(42-29)10-22(43-31-28(40)27(39)26(38)23(11-32)44-31)25-14(9-24(37)45-30(15)25)12-2-4-16(33)18(35)6-12/h2-7,10,14,19,23,26-29,31-36,38-40H,8-9,11H2,1H3. The Balaban J connectivity index is 1.48. The summed E-state index contributed by atoms with van der Waals surface area (Å²) >= 11 is 0. The number of hydrogen-bond donors (Lipinski definition) is 8. The molecule has 6 rings (SSSR count). The van der Waals surface area contributed by atoms with Crippen LogP contribution in [-0.4, -0.2) is 97.3 Å². The number of hydrogen-bond acceptors (Lipinski definition) is 14. The molecular weight excluding hydrogens is 596 g/mol. The van der Waals surface area contributed by atoms with Gasteiger partial charge in [0.1, 0.15) is 47.8 Å². The predicted octanol–water partition coefficient (Wildman–Crippen LogP) is 0.469. The average molecular weight is 629 g/mol. The molecule has 14 nitrogen and oxygen atoms in total. The van der Waals surface area contributed by atoms with Gasteiger partial charge in [-0.2, -0.15) is 0 Å². The maximum Gasteiger partial charge on any atom is 0.312 e. The Morgan fingerprint density at radius 1 is 0.844 bits per heavy atom. The average Bonchev–Trinajstić information content (AvgIpc) is 3.02. The SMILES string of the molecule is COc1cc(C2Oc3cc(OC4OC(CO)C(O)C(O)C4O)c4c(c3CC2O)OC(=O)CC4c2ccc(O)c(O)c2)ccc1O. The molecule has 3 aromatic rings. The topological polar surface area (TPSA) is 225 Å². The molecule has 45 heavy (non-hydrogen) atoms. The molecule has 8 unspecified atom stereocenters. The normalized spacial score (nSPS) is 29.2. The van der Waals surface area contributed by atoms with Crippen molar-refractivity contribution in [3.05, 3.63) is 64.7 Å². The highest BCUT2D eigenvalue weighted by atomic mass is 16.7. The summed E-state index contributed by atoms with van der Waals surface area (Å²) < 4.78 is 28.8. The van der Waals surface area contributed by atoms with Crippen LogP contribution in [0.4, 0.5) is 0 Å². The van der Waals surface area contributed by atoms with Crippen LogP contribution in [0.2, 0.25) is 0 Å². The maximum absolute atomic E-state index is 13.0. The molecule has 8 atom stereocenters. The fraction of sp³-hybridized carbons (Fsp3) is 0.387. The minimum Gasteiger partial charge on any atom is -0.504 e. The van der Waals surface area contributed by atoms with Crippen molar-refractivity contribution >= 4 is 5.97 Å². The third-order valence-electron chi connectivity index (χ3n) is 8.32. The molecule has 0 aliphatic carbocycles. The Kier molecular flexibility index (Phi) is 8.11. The molecule has 3 aliphatic heterocycles. The number of carbonyl (C=O) groups is 1. The summed E-state index contributed by atoms with van der Waals surface area (Å²) in [5.74, 6) is -2.14. The first-order valence-corrected chi connectivity index (χ1v) is 14.1. The summed E-state index contributed by atoms with van der Waals surface area (Å²) in [6, 6.07) is 9.92. The Morgan fingerprint density at radius 3 is 2.29 bits per heavy atom. The molecule has 0 radical (unpaired) electrons. The lowest BCUT2D eigenvalue weighted by atomic mass is 9.82. The van der Waals surface area contributed by atoms with Crippen molar-refractivity contribution in [2.75, 3.05) is 13.7 Å². The Hall–Kier alpha value is -4.31. The largest absolute Gasteiger partial charge is 0.504 e.